The number of benzene rings is 1. The smallest absolute Gasteiger partial charge is 0.308 e. The van der Waals surface area contributed by atoms with Crippen molar-refractivity contribution in [1.82, 2.24) is 4.90 Å². The molecule has 0 aromatic heterocycles. The van der Waals surface area contributed by atoms with Crippen LogP contribution >= 0.6 is 11.8 Å². The highest BCUT2D eigenvalue weighted by Gasteiger charge is 2.22. The number of rotatable bonds is 7. The van der Waals surface area contributed by atoms with E-state index in [-0.39, 0.29) is 18.1 Å². The van der Waals surface area contributed by atoms with Gasteiger partial charge in [-0.25, -0.2) is 0 Å². The van der Waals surface area contributed by atoms with Crippen LogP contribution < -0.4 is 0 Å². The Morgan fingerprint density at radius 2 is 1.86 bits per heavy atom. The molecule has 0 aliphatic carbocycles. The summed E-state index contributed by atoms with van der Waals surface area (Å²) in [4.78, 5) is 35.2. The van der Waals surface area contributed by atoms with Crippen molar-refractivity contribution < 1.29 is 19.6 Å². The molecule has 0 aliphatic heterocycles. The van der Waals surface area contributed by atoms with Crippen molar-refractivity contribution in [2.75, 3.05) is 13.6 Å². The molecule has 1 aromatic rings. The number of nitrogens with zero attached hydrogens (tertiary/aromatic N) is 2. The molecule has 0 radical (unpaired) electrons. The maximum absolute atomic E-state index is 12.2. The molecule has 0 spiro atoms. The molecule has 2 unspecified atom stereocenters. The van der Waals surface area contributed by atoms with Gasteiger partial charge in [0.2, 0.25) is 5.91 Å². The summed E-state index contributed by atoms with van der Waals surface area (Å²) in [6.07, 6.45) is 0. The molecule has 7 nitrogen and oxygen atoms in total. The number of carboxylic acid groups (broad SMARTS) is 1. The SMILES string of the molecule is CC(CN(C)C(=O)C(C)Sc1ccc([N+](=O)[O-])cc1)C(=O)O. The zero-order chi connectivity index (χ0) is 16.9. The van der Waals surface area contributed by atoms with E-state index >= 15 is 0 Å². The molecule has 120 valence electrons. The van der Waals surface area contributed by atoms with E-state index in [1.54, 1.807) is 33.0 Å². The predicted molar refractivity (Wildman–Crippen MR) is 82.9 cm³/mol. The van der Waals surface area contributed by atoms with Crippen molar-refractivity contribution in [3.8, 4) is 0 Å². The summed E-state index contributed by atoms with van der Waals surface area (Å²) in [5.41, 5.74) is -0.00395. The lowest BCUT2D eigenvalue weighted by molar-refractivity contribution is -0.384. The van der Waals surface area contributed by atoms with Crippen LogP contribution in [0.1, 0.15) is 13.8 Å². The summed E-state index contributed by atoms with van der Waals surface area (Å²) >= 11 is 1.27. The van der Waals surface area contributed by atoms with E-state index in [2.05, 4.69) is 0 Å². The zero-order valence-corrected chi connectivity index (χ0v) is 13.4. The van der Waals surface area contributed by atoms with Crippen LogP contribution in [0.4, 0.5) is 5.69 Å². The predicted octanol–water partition coefficient (Wildman–Crippen LogP) is 2.25. The second-order valence-corrected chi connectivity index (χ2v) is 6.38. The normalized spacial score (nSPS) is 13.2. The number of aliphatic carboxylic acids is 1. The third-order valence-corrected chi connectivity index (χ3v) is 4.15. The number of thioether (sulfide) groups is 1. The van der Waals surface area contributed by atoms with Crippen molar-refractivity contribution in [2.24, 2.45) is 5.92 Å². The number of carbonyl (C=O) groups is 2. The Kier molecular flexibility index (Phi) is 6.36. The van der Waals surface area contributed by atoms with Gasteiger partial charge in [-0.3, -0.25) is 19.7 Å². The van der Waals surface area contributed by atoms with Crippen LogP contribution in [-0.4, -0.2) is 45.6 Å². The molecule has 1 rings (SSSR count). The molecule has 1 aromatic carbocycles. The average molecular weight is 326 g/mol. The van der Waals surface area contributed by atoms with E-state index in [9.17, 15) is 19.7 Å². The van der Waals surface area contributed by atoms with Crippen LogP contribution in [0.3, 0.4) is 0 Å². The van der Waals surface area contributed by atoms with Crippen LogP contribution in [0.2, 0.25) is 0 Å². The van der Waals surface area contributed by atoms with Crippen LogP contribution in [0.5, 0.6) is 0 Å². The summed E-state index contributed by atoms with van der Waals surface area (Å²) in [5, 5.41) is 19.0. The molecular formula is C14H18N2O5S. The number of nitro benzene ring substituents is 1. The van der Waals surface area contributed by atoms with Crippen LogP contribution in [0.15, 0.2) is 29.2 Å². The van der Waals surface area contributed by atoms with E-state index < -0.39 is 22.1 Å². The second kappa shape index (κ2) is 7.79. The first-order chi connectivity index (χ1) is 10.2. The standard InChI is InChI=1S/C14H18N2O5S/c1-9(14(18)19)8-15(3)13(17)10(2)22-12-6-4-11(5-7-12)16(20)21/h4-7,9-10H,8H2,1-3H3,(H,18,19). The highest BCUT2D eigenvalue weighted by Crippen LogP contribution is 2.26. The summed E-state index contributed by atoms with van der Waals surface area (Å²) in [7, 11) is 1.56. The highest BCUT2D eigenvalue weighted by atomic mass is 32.2. The van der Waals surface area contributed by atoms with E-state index in [0.29, 0.717) is 0 Å². The summed E-state index contributed by atoms with van der Waals surface area (Å²) in [6, 6.07) is 5.95. The quantitative estimate of drug-likeness (QED) is 0.468. The molecule has 2 atom stereocenters. The van der Waals surface area contributed by atoms with Crippen LogP contribution in [0, 0.1) is 16.0 Å². The molecular weight excluding hydrogens is 308 g/mol. The molecule has 8 heteroatoms. The van der Waals surface area contributed by atoms with Gasteiger partial charge in [0.25, 0.3) is 5.69 Å². The summed E-state index contributed by atoms with van der Waals surface area (Å²) < 4.78 is 0. The average Bonchev–Trinajstić information content (AvgIpc) is 2.46. The van der Waals surface area contributed by atoms with E-state index in [0.717, 1.165) is 4.90 Å². The van der Waals surface area contributed by atoms with Gasteiger partial charge in [-0.1, -0.05) is 6.92 Å². The second-order valence-electron chi connectivity index (χ2n) is 4.97. The Labute approximate surface area is 132 Å². The van der Waals surface area contributed by atoms with Crippen LogP contribution in [-0.2, 0) is 9.59 Å². The molecule has 0 saturated carbocycles. The van der Waals surface area contributed by atoms with Gasteiger partial charge in [-0.15, -0.1) is 11.8 Å². The lowest BCUT2D eigenvalue weighted by atomic mass is 10.2. The Morgan fingerprint density at radius 1 is 1.32 bits per heavy atom. The maximum atomic E-state index is 12.2. The third-order valence-electron chi connectivity index (χ3n) is 3.05. The van der Waals surface area contributed by atoms with Gasteiger partial charge in [0.05, 0.1) is 16.1 Å². The topological polar surface area (TPSA) is 101 Å². The van der Waals surface area contributed by atoms with Crippen molar-refractivity contribution in [3.05, 3.63) is 34.4 Å². The molecule has 0 fully saturated rings. The van der Waals surface area contributed by atoms with Crippen molar-refractivity contribution in [1.29, 1.82) is 0 Å². The number of carbonyl (C=O) groups excluding carboxylic acids is 1. The van der Waals surface area contributed by atoms with Gasteiger partial charge < -0.3 is 10.0 Å². The lowest BCUT2D eigenvalue weighted by Crippen LogP contribution is -2.37. The first kappa shape index (κ1) is 18.0. The summed E-state index contributed by atoms with van der Waals surface area (Å²) in [6.45, 7) is 3.40. The van der Waals surface area contributed by atoms with Gasteiger partial charge in [-0.05, 0) is 19.1 Å². The number of nitro groups is 1. The number of non-ortho nitro benzene ring substituents is 1. The maximum Gasteiger partial charge on any atom is 0.308 e. The zero-order valence-electron chi connectivity index (χ0n) is 12.6. The molecule has 0 heterocycles. The van der Waals surface area contributed by atoms with Crippen molar-refractivity contribution in [2.45, 2.75) is 24.0 Å². The molecule has 22 heavy (non-hydrogen) atoms. The molecule has 0 bridgehead atoms. The Bertz CT molecular complexity index is 561. The van der Waals surface area contributed by atoms with Crippen molar-refractivity contribution in [3.63, 3.8) is 0 Å². The Hall–Kier alpha value is -2.09. The molecule has 1 amide bonds. The fraction of sp³-hybridized carbons (Fsp3) is 0.429. The fourth-order valence-electron chi connectivity index (χ4n) is 1.79. The number of hydrogen-bond donors (Lipinski definition) is 1. The Balaban J connectivity index is 2.63. The van der Waals surface area contributed by atoms with Gasteiger partial charge in [0.15, 0.2) is 0 Å². The molecule has 1 N–H and O–H groups in total. The number of carboxylic acids is 1. The molecule has 0 saturated heterocycles. The van der Waals surface area contributed by atoms with Gasteiger partial charge in [-0.2, -0.15) is 0 Å². The first-order valence-corrected chi connectivity index (χ1v) is 7.49. The molecule has 0 aliphatic rings. The fourth-order valence-corrected chi connectivity index (χ4v) is 2.77. The van der Waals surface area contributed by atoms with E-state index in [1.807, 2.05) is 0 Å². The summed E-state index contributed by atoms with van der Waals surface area (Å²) in [5.74, 6) is -1.77. The Morgan fingerprint density at radius 3 is 2.32 bits per heavy atom. The highest BCUT2D eigenvalue weighted by molar-refractivity contribution is 8.00. The lowest BCUT2D eigenvalue weighted by Gasteiger charge is -2.22. The van der Waals surface area contributed by atoms with E-state index in [1.165, 1.54) is 28.8 Å². The van der Waals surface area contributed by atoms with Gasteiger partial charge >= 0.3 is 5.97 Å². The minimum atomic E-state index is -0.949. The van der Waals surface area contributed by atoms with Crippen LogP contribution in [0.25, 0.3) is 0 Å². The number of hydrogen-bond acceptors (Lipinski definition) is 5. The first-order valence-electron chi connectivity index (χ1n) is 6.61. The van der Waals surface area contributed by atoms with Gasteiger partial charge in [0, 0.05) is 30.6 Å². The minimum Gasteiger partial charge on any atom is -0.481 e. The minimum absolute atomic E-state index is 0.00395. The third kappa shape index (κ3) is 5.03. The number of amides is 1. The monoisotopic (exact) mass is 326 g/mol. The van der Waals surface area contributed by atoms with Gasteiger partial charge in [0.1, 0.15) is 0 Å². The van der Waals surface area contributed by atoms with E-state index in [4.69, 9.17) is 5.11 Å². The van der Waals surface area contributed by atoms with Crippen molar-refractivity contribution >= 4 is 29.3 Å². The largest absolute Gasteiger partial charge is 0.481 e.